The van der Waals surface area contributed by atoms with Gasteiger partial charge in [0.1, 0.15) is 11.5 Å². The second kappa shape index (κ2) is 6.98. The van der Waals surface area contributed by atoms with Crippen molar-refractivity contribution >= 4 is 45.7 Å². The lowest BCUT2D eigenvalue weighted by molar-refractivity contribution is -0.138. The van der Waals surface area contributed by atoms with Gasteiger partial charge in [-0.1, -0.05) is 36.5 Å². The number of fused-ring (bicyclic) bond motifs is 1. The third-order valence-corrected chi connectivity index (χ3v) is 4.79. The van der Waals surface area contributed by atoms with E-state index in [9.17, 15) is 18.0 Å². The van der Waals surface area contributed by atoms with Crippen LogP contribution in [0.15, 0.2) is 35.2 Å². The first-order valence-corrected chi connectivity index (χ1v) is 8.44. The zero-order valence-corrected chi connectivity index (χ0v) is 14.5. The summed E-state index contributed by atoms with van der Waals surface area (Å²) >= 11 is 6.29. The summed E-state index contributed by atoms with van der Waals surface area (Å²) < 4.78 is 40.5. The van der Waals surface area contributed by atoms with E-state index in [1.165, 1.54) is 30.1 Å². The molecule has 3 nitrogen and oxygen atoms in total. The lowest BCUT2D eigenvalue weighted by Gasteiger charge is -2.21. The second-order valence-electron chi connectivity index (χ2n) is 5.10. The van der Waals surface area contributed by atoms with Crippen molar-refractivity contribution in [1.29, 1.82) is 0 Å². The Morgan fingerprint density at radius 3 is 2.46 bits per heavy atom. The molecule has 0 atom stereocenters. The van der Waals surface area contributed by atoms with Crippen LogP contribution in [0.3, 0.4) is 0 Å². The number of aliphatic carboxylic acids is 1. The fraction of sp³-hybridized carbons (Fsp3) is 0.250. The quantitative estimate of drug-likeness (QED) is 0.640. The molecule has 24 heavy (non-hydrogen) atoms. The molecule has 0 bridgehead atoms. The SMILES string of the molecule is CSc1ccc2c(C(=S)N(C)CC(=O)O)cccc2c1C(F)(F)F. The molecule has 0 amide bonds. The highest BCUT2D eigenvalue weighted by atomic mass is 32.2. The van der Waals surface area contributed by atoms with E-state index in [0.717, 1.165) is 11.8 Å². The summed E-state index contributed by atoms with van der Waals surface area (Å²) in [6.07, 6.45) is -2.91. The number of carbonyl (C=O) groups is 1. The van der Waals surface area contributed by atoms with Gasteiger partial charge >= 0.3 is 12.1 Å². The Hall–Kier alpha value is -1.80. The number of rotatable bonds is 4. The Morgan fingerprint density at radius 1 is 1.25 bits per heavy atom. The number of carboxylic acid groups (broad SMARTS) is 1. The van der Waals surface area contributed by atoms with Gasteiger partial charge < -0.3 is 10.0 Å². The number of halogens is 3. The molecule has 0 saturated heterocycles. The molecule has 2 aromatic carbocycles. The van der Waals surface area contributed by atoms with E-state index < -0.39 is 17.7 Å². The number of thiocarbonyl (C=S) groups is 1. The minimum Gasteiger partial charge on any atom is -0.480 e. The number of carboxylic acids is 1. The van der Waals surface area contributed by atoms with E-state index >= 15 is 0 Å². The molecule has 0 aromatic heterocycles. The topological polar surface area (TPSA) is 40.5 Å². The van der Waals surface area contributed by atoms with Crippen LogP contribution in [0.25, 0.3) is 10.8 Å². The number of alkyl halides is 3. The minimum absolute atomic E-state index is 0.0536. The first-order chi connectivity index (χ1) is 11.2. The maximum atomic E-state index is 13.5. The highest BCUT2D eigenvalue weighted by molar-refractivity contribution is 7.98. The zero-order valence-electron chi connectivity index (χ0n) is 12.8. The largest absolute Gasteiger partial charge is 0.480 e. The van der Waals surface area contributed by atoms with E-state index in [1.807, 2.05) is 0 Å². The van der Waals surface area contributed by atoms with Crippen LogP contribution >= 0.6 is 24.0 Å². The molecular formula is C16H14F3NO2S2. The van der Waals surface area contributed by atoms with Crippen molar-refractivity contribution in [2.45, 2.75) is 11.1 Å². The van der Waals surface area contributed by atoms with Crippen molar-refractivity contribution in [2.75, 3.05) is 19.8 Å². The number of likely N-dealkylation sites (N-methyl/N-ethyl adjacent to an activating group) is 1. The predicted octanol–water partition coefficient (Wildman–Crippen LogP) is 4.27. The summed E-state index contributed by atoms with van der Waals surface area (Å²) in [7, 11) is 1.50. The Bertz CT molecular complexity index is 806. The lowest BCUT2D eigenvalue weighted by atomic mass is 9.99. The number of hydrogen-bond acceptors (Lipinski definition) is 3. The molecule has 2 aromatic rings. The monoisotopic (exact) mass is 373 g/mol. The van der Waals surface area contributed by atoms with Crippen molar-refractivity contribution in [3.05, 3.63) is 41.5 Å². The van der Waals surface area contributed by atoms with Crippen molar-refractivity contribution in [3.63, 3.8) is 0 Å². The molecule has 8 heteroatoms. The maximum absolute atomic E-state index is 13.5. The molecule has 0 fully saturated rings. The van der Waals surface area contributed by atoms with Gasteiger partial charge in [0.05, 0.1) is 5.56 Å². The molecular weight excluding hydrogens is 359 g/mol. The van der Waals surface area contributed by atoms with E-state index in [1.54, 1.807) is 18.4 Å². The summed E-state index contributed by atoms with van der Waals surface area (Å²) in [6, 6.07) is 7.51. The van der Waals surface area contributed by atoms with Crippen LogP contribution in [-0.4, -0.2) is 40.8 Å². The molecule has 0 aliphatic carbocycles. The number of nitrogens with zero attached hydrogens (tertiary/aromatic N) is 1. The molecule has 0 saturated carbocycles. The van der Waals surface area contributed by atoms with E-state index in [4.69, 9.17) is 17.3 Å². The van der Waals surface area contributed by atoms with Crippen molar-refractivity contribution in [1.82, 2.24) is 4.90 Å². The molecule has 0 heterocycles. The van der Waals surface area contributed by atoms with Crippen LogP contribution in [0.5, 0.6) is 0 Å². The Labute approximate surface area is 146 Å². The third-order valence-electron chi connectivity index (χ3n) is 3.48. The molecule has 0 spiro atoms. The third kappa shape index (κ3) is 3.64. The van der Waals surface area contributed by atoms with E-state index in [2.05, 4.69) is 0 Å². The van der Waals surface area contributed by atoms with Crippen LogP contribution < -0.4 is 0 Å². The first kappa shape index (κ1) is 18.5. The van der Waals surface area contributed by atoms with Crippen LogP contribution in [-0.2, 0) is 11.0 Å². The fourth-order valence-electron chi connectivity index (χ4n) is 2.47. The standard InChI is InChI=1S/C16H14F3NO2S2/c1-20(8-13(21)22)15(23)11-5-3-4-10-9(11)6-7-12(24-2)14(10)16(17,18)19/h3-7H,8H2,1-2H3,(H,21,22). The molecule has 2 rings (SSSR count). The second-order valence-corrected chi connectivity index (χ2v) is 6.33. The van der Waals surface area contributed by atoms with E-state index in [0.29, 0.717) is 10.9 Å². The smallest absolute Gasteiger partial charge is 0.418 e. The minimum atomic E-state index is -4.49. The number of hydrogen-bond donors (Lipinski definition) is 1. The van der Waals surface area contributed by atoms with Crippen LogP contribution in [0, 0.1) is 0 Å². The van der Waals surface area contributed by atoms with Gasteiger partial charge in [0, 0.05) is 17.5 Å². The Kier molecular flexibility index (Phi) is 5.39. The van der Waals surface area contributed by atoms with Crippen molar-refractivity contribution < 1.29 is 23.1 Å². The van der Waals surface area contributed by atoms with E-state index in [-0.39, 0.29) is 21.8 Å². The van der Waals surface area contributed by atoms with Gasteiger partial charge in [-0.25, -0.2) is 0 Å². The van der Waals surface area contributed by atoms with Crippen LogP contribution in [0.4, 0.5) is 13.2 Å². The van der Waals surface area contributed by atoms with Gasteiger partial charge in [0.2, 0.25) is 0 Å². The Balaban J connectivity index is 2.67. The Morgan fingerprint density at radius 2 is 1.92 bits per heavy atom. The molecule has 128 valence electrons. The molecule has 0 radical (unpaired) electrons. The maximum Gasteiger partial charge on any atom is 0.418 e. The fourth-order valence-corrected chi connectivity index (χ4v) is 3.34. The van der Waals surface area contributed by atoms with Gasteiger partial charge in [0.15, 0.2) is 0 Å². The number of benzene rings is 2. The summed E-state index contributed by atoms with van der Waals surface area (Å²) in [5.74, 6) is -1.07. The normalized spacial score (nSPS) is 11.5. The average molecular weight is 373 g/mol. The molecule has 0 unspecified atom stereocenters. The zero-order chi connectivity index (χ0) is 18.1. The van der Waals surface area contributed by atoms with Gasteiger partial charge in [-0.15, -0.1) is 11.8 Å². The summed E-state index contributed by atoms with van der Waals surface area (Å²) in [5, 5.41) is 9.26. The first-order valence-electron chi connectivity index (χ1n) is 6.81. The summed E-state index contributed by atoms with van der Waals surface area (Å²) in [6.45, 7) is -0.329. The van der Waals surface area contributed by atoms with Crippen molar-refractivity contribution in [2.24, 2.45) is 0 Å². The summed E-state index contributed by atoms with van der Waals surface area (Å²) in [5.41, 5.74) is -0.289. The highest BCUT2D eigenvalue weighted by Gasteiger charge is 2.35. The molecule has 1 N–H and O–H groups in total. The van der Waals surface area contributed by atoms with Crippen molar-refractivity contribution in [3.8, 4) is 0 Å². The predicted molar refractivity (Wildman–Crippen MR) is 92.7 cm³/mol. The lowest BCUT2D eigenvalue weighted by Crippen LogP contribution is -2.31. The average Bonchev–Trinajstić information content (AvgIpc) is 2.50. The van der Waals surface area contributed by atoms with Gasteiger partial charge in [-0.2, -0.15) is 13.2 Å². The highest BCUT2D eigenvalue weighted by Crippen LogP contribution is 2.41. The molecule has 0 aliphatic rings. The van der Waals surface area contributed by atoms with Gasteiger partial charge in [-0.3, -0.25) is 4.79 Å². The summed E-state index contributed by atoms with van der Waals surface area (Å²) in [4.78, 5) is 12.5. The number of thioether (sulfide) groups is 1. The van der Waals surface area contributed by atoms with Gasteiger partial charge in [-0.05, 0) is 23.1 Å². The van der Waals surface area contributed by atoms with Crippen LogP contribution in [0.2, 0.25) is 0 Å². The molecule has 0 aliphatic heterocycles. The van der Waals surface area contributed by atoms with Crippen LogP contribution in [0.1, 0.15) is 11.1 Å². The van der Waals surface area contributed by atoms with Gasteiger partial charge in [0.25, 0.3) is 0 Å².